The van der Waals surface area contributed by atoms with E-state index in [9.17, 15) is 4.79 Å². The molecule has 0 aromatic heterocycles. The van der Waals surface area contributed by atoms with Crippen molar-refractivity contribution < 1.29 is 4.79 Å². The Labute approximate surface area is 132 Å². The molecular formula is C17H26N2OS. The average Bonchev–Trinajstić information content (AvgIpc) is 2.53. The third-order valence-electron chi connectivity index (χ3n) is 3.99. The second-order valence-corrected chi connectivity index (χ2v) is 6.57. The van der Waals surface area contributed by atoms with Crippen LogP contribution in [0, 0.1) is 0 Å². The SMILES string of the molecule is CSCCCCCCNC(=O)C1CNCc2ccccc21. The number of unbranched alkanes of at least 4 members (excludes halogenated alkanes) is 3. The standard InChI is InChI=1S/C17H26N2OS/c1-21-11-7-3-2-6-10-19-17(20)16-13-18-12-14-8-4-5-9-15(14)16/h4-5,8-9,16,18H,2-3,6-7,10-13H2,1H3,(H,19,20). The van der Waals surface area contributed by atoms with Crippen molar-refractivity contribution >= 4 is 17.7 Å². The van der Waals surface area contributed by atoms with Crippen molar-refractivity contribution in [3.8, 4) is 0 Å². The lowest BCUT2D eigenvalue weighted by Crippen LogP contribution is -2.39. The van der Waals surface area contributed by atoms with Crippen LogP contribution in [-0.2, 0) is 11.3 Å². The maximum absolute atomic E-state index is 12.3. The number of rotatable bonds is 8. The molecule has 0 saturated carbocycles. The molecule has 1 amide bonds. The molecule has 1 heterocycles. The summed E-state index contributed by atoms with van der Waals surface area (Å²) in [6.07, 6.45) is 7.00. The maximum Gasteiger partial charge on any atom is 0.228 e. The summed E-state index contributed by atoms with van der Waals surface area (Å²) in [5.74, 6) is 1.38. The Morgan fingerprint density at radius 2 is 2.10 bits per heavy atom. The Morgan fingerprint density at radius 1 is 1.29 bits per heavy atom. The van der Waals surface area contributed by atoms with Crippen molar-refractivity contribution in [2.24, 2.45) is 0 Å². The fourth-order valence-electron chi connectivity index (χ4n) is 2.79. The summed E-state index contributed by atoms with van der Waals surface area (Å²) < 4.78 is 0. The molecule has 3 nitrogen and oxygen atoms in total. The minimum absolute atomic E-state index is 0.0357. The Hall–Kier alpha value is -1.00. The van der Waals surface area contributed by atoms with Crippen LogP contribution in [0.2, 0.25) is 0 Å². The molecule has 1 aromatic carbocycles. The Kier molecular flexibility index (Phi) is 7.10. The molecule has 1 aliphatic rings. The van der Waals surface area contributed by atoms with Gasteiger partial charge in [-0.15, -0.1) is 0 Å². The number of hydrogen-bond donors (Lipinski definition) is 2. The van der Waals surface area contributed by atoms with Gasteiger partial charge in [-0.1, -0.05) is 37.1 Å². The van der Waals surface area contributed by atoms with E-state index in [1.807, 2.05) is 23.9 Å². The van der Waals surface area contributed by atoms with Crippen molar-refractivity contribution in [1.29, 1.82) is 0 Å². The molecule has 0 saturated heterocycles. The van der Waals surface area contributed by atoms with Gasteiger partial charge in [-0.3, -0.25) is 4.79 Å². The van der Waals surface area contributed by atoms with Gasteiger partial charge in [0, 0.05) is 19.6 Å². The topological polar surface area (TPSA) is 41.1 Å². The van der Waals surface area contributed by atoms with Gasteiger partial charge < -0.3 is 10.6 Å². The van der Waals surface area contributed by atoms with Crippen molar-refractivity contribution in [3.05, 3.63) is 35.4 Å². The molecule has 116 valence electrons. The van der Waals surface area contributed by atoms with Crippen LogP contribution in [0.1, 0.15) is 42.7 Å². The van der Waals surface area contributed by atoms with Crippen LogP contribution in [0.15, 0.2) is 24.3 Å². The van der Waals surface area contributed by atoms with Gasteiger partial charge in [0.1, 0.15) is 0 Å². The van der Waals surface area contributed by atoms with E-state index in [1.54, 1.807) is 0 Å². The monoisotopic (exact) mass is 306 g/mol. The van der Waals surface area contributed by atoms with E-state index >= 15 is 0 Å². The van der Waals surface area contributed by atoms with Gasteiger partial charge in [0.2, 0.25) is 5.91 Å². The zero-order valence-electron chi connectivity index (χ0n) is 12.9. The predicted molar refractivity (Wildman–Crippen MR) is 90.7 cm³/mol. The molecule has 1 unspecified atom stereocenters. The summed E-state index contributed by atoms with van der Waals surface area (Å²) in [4.78, 5) is 12.3. The quantitative estimate of drug-likeness (QED) is 0.726. The fraction of sp³-hybridized carbons (Fsp3) is 0.588. The molecular weight excluding hydrogens is 280 g/mol. The zero-order valence-corrected chi connectivity index (χ0v) is 13.7. The van der Waals surface area contributed by atoms with Gasteiger partial charge >= 0.3 is 0 Å². The highest BCUT2D eigenvalue weighted by molar-refractivity contribution is 7.98. The predicted octanol–water partition coefficient (Wildman–Crippen LogP) is 2.91. The molecule has 1 aromatic rings. The highest BCUT2D eigenvalue weighted by Crippen LogP contribution is 2.23. The summed E-state index contributed by atoms with van der Waals surface area (Å²) >= 11 is 1.91. The second kappa shape index (κ2) is 9.11. The van der Waals surface area contributed by atoms with Crippen LogP contribution < -0.4 is 10.6 Å². The summed E-state index contributed by atoms with van der Waals surface area (Å²) in [5.41, 5.74) is 2.44. The van der Waals surface area contributed by atoms with Crippen LogP contribution in [0.3, 0.4) is 0 Å². The van der Waals surface area contributed by atoms with Gasteiger partial charge in [0.25, 0.3) is 0 Å². The minimum Gasteiger partial charge on any atom is -0.356 e. The normalized spacial score (nSPS) is 17.3. The van der Waals surface area contributed by atoms with E-state index in [2.05, 4.69) is 29.0 Å². The number of hydrogen-bond acceptors (Lipinski definition) is 3. The number of benzene rings is 1. The first-order chi connectivity index (χ1) is 10.3. The lowest BCUT2D eigenvalue weighted by atomic mass is 9.90. The first-order valence-electron chi connectivity index (χ1n) is 7.88. The van der Waals surface area contributed by atoms with Crippen LogP contribution in [0.5, 0.6) is 0 Å². The highest BCUT2D eigenvalue weighted by atomic mass is 32.2. The molecule has 21 heavy (non-hydrogen) atoms. The smallest absolute Gasteiger partial charge is 0.228 e. The molecule has 0 aliphatic carbocycles. The van der Waals surface area contributed by atoms with Gasteiger partial charge in [-0.25, -0.2) is 0 Å². The molecule has 0 radical (unpaired) electrons. The molecule has 1 aliphatic heterocycles. The van der Waals surface area contributed by atoms with Crippen LogP contribution in [-0.4, -0.2) is 31.0 Å². The van der Waals surface area contributed by atoms with E-state index in [0.29, 0.717) is 0 Å². The Morgan fingerprint density at radius 3 is 2.95 bits per heavy atom. The first-order valence-corrected chi connectivity index (χ1v) is 9.27. The number of fused-ring (bicyclic) bond motifs is 1. The molecule has 2 rings (SSSR count). The molecule has 0 bridgehead atoms. The van der Waals surface area contributed by atoms with Gasteiger partial charge in [-0.05, 0) is 36.0 Å². The Bertz CT molecular complexity index is 450. The first kappa shape index (κ1) is 16.4. The molecule has 0 fully saturated rings. The van der Waals surface area contributed by atoms with Crippen LogP contribution in [0.25, 0.3) is 0 Å². The number of carbonyl (C=O) groups excluding carboxylic acids is 1. The summed E-state index contributed by atoms with van der Waals surface area (Å²) in [6.45, 7) is 2.42. The van der Waals surface area contributed by atoms with E-state index < -0.39 is 0 Å². The molecule has 0 spiro atoms. The van der Waals surface area contributed by atoms with E-state index in [4.69, 9.17) is 0 Å². The lowest BCUT2D eigenvalue weighted by Gasteiger charge is -2.25. The fourth-order valence-corrected chi connectivity index (χ4v) is 3.28. The largest absolute Gasteiger partial charge is 0.356 e. The average molecular weight is 306 g/mol. The molecule has 4 heteroatoms. The molecule has 2 N–H and O–H groups in total. The lowest BCUT2D eigenvalue weighted by molar-refractivity contribution is -0.122. The highest BCUT2D eigenvalue weighted by Gasteiger charge is 2.25. The van der Waals surface area contributed by atoms with Crippen molar-refractivity contribution in [3.63, 3.8) is 0 Å². The third-order valence-corrected chi connectivity index (χ3v) is 4.68. The van der Waals surface area contributed by atoms with Gasteiger partial charge in [-0.2, -0.15) is 11.8 Å². The summed E-state index contributed by atoms with van der Waals surface area (Å²) in [5, 5.41) is 6.43. The maximum atomic E-state index is 12.3. The number of carbonyl (C=O) groups is 1. The van der Waals surface area contributed by atoms with Crippen LogP contribution >= 0.6 is 11.8 Å². The third kappa shape index (κ3) is 5.04. The minimum atomic E-state index is -0.0357. The van der Waals surface area contributed by atoms with E-state index in [-0.39, 0.29) is 11.8 Å². The van der Waals surface area contributed by atoms with Gasteiger partial charge in [0.15, 0.2) is 0 Å². The van der Waals surface area contributed by atoms with Crippen molar-refractivity contribution in [2.45, 2.75) is 38.1 Å². The van der Waals surface area contributed by atoms with E-state index in [1.165, 1.54) is 36.1 Å². The number of nitrogens with one attached hydrogen (secondary N) is 2. The summed E-state index contributed by atoms with van der Waals surface area (Å²) in [7, 11) is 0. The van der Waals surface area contributed by atoms with Crippen molar-refractivity contribution in [1.82, 2.24) is 10.6 Å². The Balaban J connectivity index is 1.72. The van der Waals surface area contributed by atoms with Gasteiger partial charge in [0.05, 0.1) is 5.92 Å². The van der Waals surface area contributed by atoms with E-state index in [0.717, 1.165) is 26.1 Å². The zero-order chi connectivity index (χ0) is 14.9. The number of amides is 1. The molecule has 1 atom stereocenters. The second-order valence-electron chi connectivity index (χ2n) is 5.58. The van der Waals surface area contributed by atoms with Crippen LogP contribution in [0.4, 0.5) is 0 Å². The number of thioether (sulfide) groups is 1. The summed E-state index contributed by atoms with van der Waals surface area (Å²) in [6, 6.07) is 8.25. The van der Waals surface area contributed by atoms with Crippen molar-refractivity contribution in [2.75, 3.05) is 25.1 Å².